The Labute approximate surface area is 93.3 Å². The molecule has 0 aliphatic rings. The molecule has 15 heavy (non-hydrogen) atoms. The highest BCUT2D eigenvalue weighted by Crippen LogP contribution is 2.04. The lowest BCUT2D eigenvalue weighted by Gasteiger charge is -2.02. The molecule has 0 N–H and O–H groups in total. The molecular weight excluding hydrogens is 208 g/mol. The van der Waals surface area contributed by atoms with Gasteiger partial charge in [0.25, 0.3) is 0 Å². The summed E-state index contributed by atoms with van der Waals surface area (Å²) >= 11 is -1.88. The predicted octanol–water partition coefficient (Wildman–Crippen LogP) is 2.75. The highest BCUT2D eigenvalue weighted by Gasteiger charge is 1.87. The second-order valence-electron chi connectivity index (χ2n) is 3.32. The lowest BCUT2D eigenvalue weighted by Crippen LogP contribution is -1.93. The van der Waals surface area contributed by atoms with Crippen LogP contribution >= 0.6 is 0 Å². The molecule has 3 heteroatoms. The molecule has 0 saturated heterocycles. The van der Waals surface area contributed by atoms with Crippen molar-refractivity contribution in [3.63, 3.8) is 0 Å². The fourth-order valence-corrected chi connectivity index (χ4v) is 1.71. The zero-order valence-corrected chi connectivity index (χ0v) is 9.41. The first-order chi connectivity index (χ1) is 7.29. The minimum Gasteiger partial charge on any atom is -0.772 e. The van der Waals surface area contributed by atoms with Gasteiger partial charge in [-0.05, 0) is 24.8 Å². The SMILES string of the molecule is O=S([O-])CCCCC=Cc1ccccc1. The standard InChI is InChI=1S/C12H16O2S/c13-15(14)11-7-2-1-4-8-12-9-5-3-6-10-12/h3-6,8-10H,1-2,7,11H2,(H,13,14)/p-1. The van der Waals surface area contributed by atoms with Gasteiger partial charge in [-0.3, -0.25) is 4.21 Å². The number of allylic oxidation sites excluding steroid dienone is 1. The molecular formula is C12H15O2S-. The van der Waals surface area contributed by atoms with E-state index in [1.807, 2.05) is 30.3 Å². The van der Waals surface area contributed by atoms with Crippen LogP contribution in [0.4, 0.5) is 0 Å². The number of hydrogen-bond donors (Lipinski definition) is 0. The van der Waals surface area contributed by atoms with Crippen LogP contribution in [-0.4, -0.2) is 14.5 Å². The van der Waals surface area contributed by atoms with Crippen LogP contribution in [0.25, 0.3) is 6.08 Å². The molecule has 1 rings (SSSR count). The highest BCUT2D eigenvalue weighted by molar-refractivity contribution is 7.79. The van der Waals surface area contributed by atoms with E-state index in [4.69, 9.17) is 0 Å². The van der Waals surface area contributed by atoms with Gasteiger partial charge in [0.15, 0.2) is 0 Å². The van der Waals surface area contributed by atoms with Crippen molar-refractivity contribution in [2.75, 3.05) is 5.75 Å². The summed E-state index contributed by atoms with van der Waals surface area (Å²) in [5.41, 5.74) is 1.19. The van der Waals surface area contributed by atoms with E-state index in [0.29, 0.717) is 0 Å². The summed E-state index contributed by atoms with van der Waals surface area (Å²) in [5.74, 6) is 0.277. The van der Waals surface area contributed by atoms with E-state index >= 15 is 0 Å². The van der Waals surface area contributed by atoms with Crippen LogP contribution in [0.5, 0.6) is 0 Å². The van der Waals surface area contributed by atoms with E-state index in [2.05, 4.69) is 12.2 Å². The first kappa shape index (κ1) is 12.1. The lowest BCUT2D eigenvalue weighted by atomic mass is 10.2. The minimum atomic E-state index is -1.88. The van der Waals surface area contributed by atoms with E-state index in [9.17, 15) is 8.76 Å². The molecule has 2 nitrogen and oxygen atoms in total. The van der Waals surface area contributed by atoms with Crippen molar-refractivity contribution >= 4 is 17.2 Å². The largest absolute Gasteiger partial charge is 0.772 e. The van der Waals surface area contributed by atoms with Crippen LogP contribution in [0.1, 0.15) is 24.8 Å². The quantitative estimate of drug-likeness (QED) is 0.549. The Morgan fingerprint density at radius 1 is 1.20 bits per heavy atom. The van der Waals surface area contributed by atoms with Crippen molar-refractivity contribution in [3.8, 4) is 0 Å². The maximum absolute atomic E-state index is 10.2. The van der Waals surface area contributed by atoms with Gasteiger partial charge in [0.1, 0.15) is 0 Å². The molecule has 0 bridgehead atoms. The van der Waals surface area contributed by atoms with Gasteiger partial charge in [-0.25, -0.2) is 0 Å². The third kappa shape index (κ3) is 6.20. The summed E-state index contributed by atoms with van der Waals surface area (Å²) in [6.45, 7) is 0. The van der Waals surface area contributed by atoms with E-state index in [0.717, 1.165) is 19.3 Å². The molecule has 0 radical (unpaired) electrons. The second kappa shape index (κ2) is 7.37. The molecule has 1 unspecified atom stereocenters. The summed E-state index contributed by atoms with van der Waals surface area (Å²) in [6.07, 6.45) is 6.76. The average Bonchev–Trinajstić information content (AvgIpc) is 2.24. The Kier molecular flexibility index (Phi) is 5.97. The molecule has 1 atom stereocenters. The van der Waals surface area contributed by atoms with Gasteiger partial charge in [0.05, 0.1) is 0 Å². The maximum Gasteiger partial charge on any atom is 0.0102 e. The third-order valence-corrected chi connectivity index (χ3v) is 2.66. The van der Waals surface area contributed by atoms with E-state index in [1.54, 1.807) is 0 Å². The van der Waals surface area contributed by atoms with E-state index < -0.39 is 11.1 Å². The van der Waals surface area contributed by atoms with E-state index in [1.165, 1.54) is 5.56 Å². The summed E-state index contributed by atoms with van der Waals surface area (Å²) in [5, 5.41) is 0. The minimum absolute atomic E-state index is 0.277. The Bertz CT molecular complexity index is 320. The predicted molar refractivity (Wildman–Crippen MR) is 63.1 cm³/mol. The van der Waals surface area contributed by atoms with Gasteiger partial charge in [-0.2, -0.15) is 0 Å². The van der Waals surface area contributed by atoms with Crippen LogP contribution in [-0.2, 0) is 11.1 Å². The van der Waals surface area contributed by atoms with Gasteiger partial charge < -0.3 is 4.55 Å². The van der Waals surface area contributed by atoms with Gasteiger partial charge in [-0.1, -0.05) is 53.6 Å². The molecule has 0 aliphatic heterocycles. The zero-order valence-electron chi connectivity index (χ0n) is 8.59. The van der Waals surface area contributed by atoms with Crippen LogP contribution < -0.4 is 0 Å². The Balaban J connectivity index is 2.15. The molecule has 0 fully saturated rings. The summed E-state index contributed by atoms with van der Waals surface area (Å²) < 4.78 is 20.5. The first-order valence-electron chi connectivity index (χ1n) is 5.06. The van der Waals surface area contributed by atoms with Crippen molar-refractivity contribution in [1.29, 1.82) is 0 Å². The average molecular weight is 223 g/mol. The number of rotatable bonds is 6. The summed E-state index contributed by atoms with van der Waals surface area (Å²) in [4.78, 5) is 0. The molecule has 82 valence electrons. The molecule has 0 heterocycles. The Morgan fingerprint density at radius 3 is 2.60 bits per heavy atom. The monoisotopic (exact) mass is 223 g/mol. The summed E-state index contributed by atoms with van der Waals surface area (Å²) in [7, 11) is 0. The maximum atomic E-state index is 10.2. The Hall–Kier alpha value is -0.930. The van der Waals surface area contributed by atoms with Crippen LogP contribution in [0, 0.1) is 0 Å². The summed E-state index contributed by atoms with van der Waals surface area (Å²) in [6, 6.07) is 10.1. The number of unbranched alkanes of at least 4 members (excludes halogenated alkanes) is 2. The molecule has 1 aromatic carbocycles. The van der Waals surface area contributed by atoms with Crippen molar-refractivity contribution in [3.05, 3.63) is 42.0 Å². The third-order valence-electron chi connectivity index (χ3n) is 2.04. The molecule has 1 aromatic rings. The molecule has 0 amide bonds. The van der Waals surface area contributed by atoms with Gasteiger partial charge >= 0.3 is 0 Å². The molecule has 0 spiro atoms. The smallest absolute Gasteiger partial charge is 0.0102 e. The van der Waals surface area contributed by atoms with Crippen LogP contribution in [0.2, 0.25) is 0 Å². The van der Waals surface area contributed by atoms with Gasteiger partial charge in [0, 0.05) is 5.75 Å². The topological polar surface area (TPSA) is 40.1 Å². The van der Waals surface area contributed by atoms with Crippen LogP contribution in [0.15, 0.2) is 36.4 Å². The first-order valence-corrected chi connectivity index (χ1v) is 6.31. The molecule has 0 aliphatic carbocycles. The van der Waals surface area contributed by atoms with Crippen molar-refractivity contribution in [2.24, 2.45) is 0 Å². The number of benzene rings is 1. The lowest BCUT2D eigenvalue weighted by molar-refractivity contribution is 0.534. The van der Waals surface area contributed by atoms with Crippen LogP contribution in [0.3, 0.4) is 0 Å². The van der Waals surface area contributed by atoms with E-state index in [-0.39, 0.29) is 5.75 Å². The highest BCUT2D eigenvalue weighted by atomic mass is 32.2. The van der Waals surface area contributed by atoms with Crippen molar-refractivity contribution in [1.82, 2.24) is 0 Å². The fourth-order valence-electron chi connectivity index (χ4n) is 1.27. The van der Waals surface area contributed by atoms with Gasteiger partial charge in [-0.15, -0.1) is 0 Å². The number of hydrogen-bond acceptors (Lipinski definition) is 2. The second-order valence-corrected chi connectivity index (χ2v) is 4.33. The van der Waals surface area contributed by atoms with Crippen molar-refractivity contribution < 1.29 is 8.76 Å². The zero-order chi connectivity index (χ0) is 10.9. The molecule has 0 aromatic heterocycles. The van der Waals surface area contributed by atoms with Crippen molar-refractivity contribution in [2.45, 2.75) is 19.3 Å². The fraction of sp³-hybridized carbons (Fsp3) is 0.333. The molecule has 0 saturated carbocycles. The van der Waals surface area contributed by atoms with Gasteiger partial charge in [0.2, 0.25) is 0 Å². The normalized spacial score (nSPS) is 13.1. The Morgan fingerprint density at radius 2 is 1.93 bits per heavy atom.